The molecule has 3 nitrogen and oxygen atoms in total. The Bertz CT molecular complexity index is 3550. The summed E-state index contributed by atoms with van der Waals surface area (Å²) in [4.78, 5) is 10.8. The zero-order valence-corrected chi connectivity index (χ0v) is 33.6. The molecular weight excluding hydrogens is 753 g/mol. The number of hydrogen-bond donors (Lipinski definition) is 0. The van der Waals surface area contributed by atoms with E-state index in [9.17, 15) is 0 Å². The Morgan fingerprint density at radius 1 is 0.290 bits per heavy atom. The summed E-state index contributed by atoms with van der Waals surface area (Å²) in [6.07, 6.45) is 0. The van der Waals surface area contributed by atoms with Gasteiger partial charge in [0.25, 0.3) is 0 Å². The Balaban J connectivity index is 1.07. The number of hydrogen-bond acceptors (Lipinski definition) is 3. The van der Waals surface area contributed by atoms with Gasteiger partial charge in [0.1, 0.15) is 11.2 Å². The van der Waals surface area contributed by atoms with Crippen molar-refractivity contribution in [3.05, 3.63) is 241 Å². The van der Waals surface area contributed by atoms with Crippen LogP contribution in [0.4, 0.5) is 0 Å². The molecule has 0 bridgehead atoms. The maximum atomic E-state index is 6.24. The average Bonchev–Trinajstić information content (AvgIpc) is 3.84. The molecule has 11 aromatic rings. The summed E-state index contributed by atoms with van der Waals surface area (Å²) >= 11 is 0. The predicted octanol–water partition coefficient (Wildman–Crippen LogP) is 15.1. The second-order valence-electron chi connectivity index (χ2n) is 16.4. The van der Waals surface area contributed by atoms with Gasteiger partial charge in [-0.1, -0.05) is 176 Å². The highest BCUT2D eigenvalue weighted by molar-refractivity contribution is 6.06. The Morgan fingerprint density at radius 2 is 0.790 bits per heavy atom. The van der Waals surface area contributed by atoms with Crippen LogP contribution in [0, 0.1) is 0 Å². The van der Waals surface area contributed by atoms with Gasteiger partial charge in [-0.25, -0.2) is 9.97 Å². The highest BCUT2D eigenvalue weighted by atomic mass is 16.3. The number of aromatic nitrogens is 2. The Kier molecular flexibility index (Phi) is 7.52. The minimum absolute atomic E-state index is 0.542. The monoisotopic (exact) mass is 788 g/mol. The molecule has 288 valence electrons. The number of fused-ring (bicyclic) bond motifs is 15. The summed E-state index contributed by atoms with van der Waals surface area (Å²) in [5, 5.41) is 2.12. The molecule has 2 aromatic heterocycles. The van der Waals surface area contributed by atoms with Crippen LogP contribution in [0.1, 0.15) is 22.3 Å². The number of benzene rings is 9. The Morgan fingerprint density at radius 3 is 1.50 bits per heavy atom. The largest absolute Gasteiger partial charge is 0.456 e. The van der Waals surface area contributed by atoms with Gasteiger partial charge in [-0.15, -0.1) is 0 Å². The van der Waals surface area contributed by atoms with Crippen LogP contribution in [0.25, 0.3) is 100 Å². The van der Waals surface area contributed by atoms with Crippen LogP contribution in [-0.2, 0) is 5.41 Å². The van der Waals surface area contributed by atoms with Crippen LogP contribution in [0.2, 0.25) is 0 Å². The highest BCUT2D eigenvalue weighted by Gasteiger charge is 2.49. The van der Waals surface area contributed by atoms with E-state index in [-0.39, 0.29) is 0 Å². The van der Waals surface area contributed by atoms with Gasteiger partial charge in [0, 0.05) is 27.5 Å². The minimum atomic E-state index is -0.542. The summed E-state index contributed by atoms with van der Waals surface area (Å²) in [7, 11) is 0. The molecule has 0 saturated carbocycles. The van der Waals surface area contributed by atoms with Crippen molar-refractivity contribution >= 4 is 21.9 Å². The maximum Gasteiger partial charge on any atom is 0.160 e. The van der Waals surface area contributed by atoms with Crippen molar-refractivity contribution in [2.24, 2.45) is 0 Å². The van der Waals surface area contributed by atoms with Gasteiger partial charge in [-0.05, 0) is 109 Å². The smallest absolute Gasteiger partial charge is 0.160 e. The van der Waals surface area contributed by atoms with E-state index in [0.29, 0.717) is 5.82 Å². The van der Waals surface area contributed by atoms with Crippen LogP contribution in [0.15, 0.2) is 223 Å². The molecule has 9 aromatic carbocycles. The molecule has 0 fully saturated rings. The van der Waals surface area contributed by atoms with E-state index in [1.807, 2.05) is 18.2 Å². The summed E-state index contributed by atoms with van der Waals surface area (Å²) in [5.41, 5.74) is 20.8. The van der Waals surface area contributed by atoms with Gasteiger partial charge in [0.2, 0.25) is 0 Å². The fourth-order valence-electron chi connectivity index (χ4n) is 10.4. The van der Waals surface area contributed by atoms with Gasteiger partial charge in [0.05, 0.1) is 16.8 Å². The molecule has 13 rings (SSSR count). The lowest BCUT2D eigenvalue weighted by atomic mass is 9.66. The summed E-state index contributed by atoms with van der Waals surface area (Å²) < 4.78 is 6.24. The molecule has 0 unspecified atom stereocenters. The van der Waals surface area contributed by atoms with Crippen LogP contribution >= 0.6 is 0 Å². The number of rotatable bonds is 4. The van der Waals surface area contributed by atoms with E-state index >= 15 is 0 Å². The van der Waals surface area contributed by atoms with Gasteiger partial charge in [0.15, 0.2) is 5.82 Å². The van der Waals surface area contributed by atoms with Crippen molar-refractivity contribution in [3.8, 4) is 78.4 Å². The van der Waals surface area contributed by atoms with E-state index in [1.54, 1.807) is 0 Å². The molecule has 1 spiro atoms. The van der Waals surface area contributed by atoms with Crippen molar-refractivity contribution in [2.75, 3.05) is 0 Å². The van der Waals surface area contributed by atoms with E-state index in [4.69, 9.17) is 14.4 Å². The zero-order chi connectivity index (χ0) is 40.8. The lowest BCUT2D eigenvalue weighted by Gasteiger charge is -2.35. The minimum Gasteiger partial charge on any atom is -0.456 e. The molecule has 62 heavy (non-hydrogen) atoms. The topological polar surface area (TPSA) is 38.9 Å². The van der Waals surface area contributed by atoms with E-state index in [0.717, 1.165) is 61.1 Å². The van der Waals surface area contributed by atoms with Crippen LogP contribution in [-0.4, -0.2) is 9.97 Å². The van der Waals surface area contributed by atoms with Gasteiger partial charge >= 0.3 is 0 Å². The molecule has 0 atom stereocenters. The van der Waals surface area contributed by atoms with Gasteiger partial charge in [-0.2, -0.15) is 0 Å². The summed E-state index contributed by atoms with van der Waals surface area (Å²) in [6, 6.07) is 78.8. The molecule has 2 aliphatic carbocycles. The van der Waals surface area contributed by atoms with E-state index in [1.165, 1.54) is 55.6 Å². The van der Waals surface area contributed by atoms with Crippen molar-refractivity contribution in [3.63, 3.8) is 0 Å². The van der Waals surface area contributed by atoms with E-state index in [2.05, 4.69) is 200 Å². The third kappa shape index (κ3) is 5.06. The maximum absolute atomic E-state index is 6.24. The summed E-state index contributed by atoms with van der Waals surface area (Å²) in [6.45, 7) is 0. The molecule has 0 aliphatic heterocycles. The molecule has 0 radical (unpaired) electrons. The second kappa shape index (κ2) is 13.4. The van der Waals surface area contributed by atoms with Crippen LogP contribution in [0.5, 0.6) is 0 Å². The number of nitrogens with zero attached hydrogens (tertiary/aromatic N) is 2. The molecule has 2 heterocycles. The SMILES string of the molecule is c1ccc(-c2cccc(-c3cc(-c4ccc5c(c4)-c4ccccc4-c4ccccc4C54c5ccccc5-c5ccccc54)nc(-c4ccc5oc6ccccc6c5c4)n3)c2)cc1. The third-order valence-corrected chi connectivity index (χ3v) is 13.1. The standard InChI is InChI=1S/C59H36N2O/c1-2-15-37(16-3-1)38-17-14-18-39(33-38)54-36-55(61-58(60-54)41-30-32-57-49(35-41)47-24-9-13-28-56(47)62-57)40-29-31-53-48(34-40)43-20-5-4-19-42(43)44-21-6-10-25-50(44)59(53)51-26-11-7-22-45(51)46-23-8-12-27-52(46)59/h1-36H. The molecule has 2 aliphatic rings. The van der Waals surface area contributed by atoms with Crippen molar-refractivity contribution in [1.29, 1.82) is 0 Å². The molecular formula is C59H36N2O. The van der Waals surface area contributed by atoms with Crippen molar-refractivity contribution in [1.82, 2.24) is 9.97 Å². The summed E-state index contributed by atoms with van der Waals surface area (Å²) in [5.74, 6) is 0.660. The molecule has 0 saturated heterocycles. The molecule has 0 N–H and O–H groups in total. The lowest BCUT2D eigenvalue weighted by Crippen LogP contribution is -2.29. The van der Waals surface area contributed by atoms with Crippen molar-refractivity contribution in [2.45, 2.75) is 5.41 Å². The lowest BCUT2D eigenvalue weighted by molar-refractivity contribution is 0.669. The van der Waals surface area contributed by atoms with Crippen LogP contribution < -0.4 is 0 Å². The first-order chi connectivity index (χ1) is 30.7. The predicted molar refractivity (Wildman–Crippen MR) is 253 cm³/mol. The van der Waals surface area contributed by atoms with E-state index < -0.39 is 5.41 Å². The first-order valence-corrected chi connectivity index (χ1v) is 21.2. The average molecular weight is 789 g/mol. The van der Waals surface area contributed by atoms with Crippen LogP contribution in [0.3, 0.4) is 0 Å². The fraction of sp³-hybridized carbons (Fsp3) is 0.0169. The zero-order valence-electron chi connectivity index (χ0n) is 33.6. The molecule has 0 amide bonds. The second-order valence-corrected chi connectivity index (χ2v) is 16.4. The van der Waals surface area contributed by atoms with Crippen molar-refractivity contribution < 1.29 is 4.42 Å². The normalized spacial score (nSPS) is 13.0. The third-order valence-electron chi connectivity index (χ3n) is 13.1. The van der Waals surface area contributed by atoms with Gasteiger partial charge < -0.3 is 4.42 Å². The Labute approximate surface area is 359 Å². The van der Waals surface area contributed by atoms with Gasteiger partial charge in [-0.3, -0.25) is 0 Å². The molecule has 3 heteroatoms. The first kappa shape index (κ1) is 34.7. The fourth-order valence-corrected chi connectivity index (χ4v) is 10.4. The number of furan rings is 1. The quantitative estimate of drug-likeness (QED) is 0.178. The first-order valence-electron chi connectivity index (χ1n) is 21.2. The Hall–Kier alpha value is -8.14. The highest BCUT2D eigenvalue weighted by Crippen LogP contribution is 2.61. The number of para-hydroxylation sites is 1.